The van der Waals surface area contributed by atoms with Crippen LogP contribution in [0.25, 0.3) is 0 Å². The lowest BCUT2D eigenvalue weighted by Gasteiger charge is -2.05. The number of hydrogen-bond acceptors (Lipinski definition) is 6. The van der Waals surface area contributed by atoms with Crippen LogP contribution < -0.4 is 10.6 Å². The Labute approximate surface area is 129 Å². The zero-order valence-electron chi connectivity index (χ0n) is 11.1. The lowest BCUT2D eigenvalue weighted by atomic mass is 10.2. The summed E-state index contributed by atoms with van der Waals surface area (Å²) in [5, 5.41) is 25.4. The number of aromatic nitrogens is 1. The Morgan fingerprint density at radius 1 is 1.41 bits per heavy atom. The SMILES string of the molecule is N#C/C(=C/Nc1nccs1)C(=O)Nc1cccc(C(=O)O)c1. The van der Waals surface area contributed by atoms with Crippen LogP contribution in [0.2, 0.25) is 0 Å². The molecular weight excluding hydrogens is 304 g/mol. The Morgan fingerprint density at radius 3 is 2.86 bits per heavy atom. The summed E-state index contributed by atoms with van der Waals surface area (Å²) in [4.78, 5) is 26.8. The van der Waals surface area contributed by atoms with E-state index in [1.165, 1.54) is 41.8 Å². The van der Waals surface area contributed by atoms with Gasteiger partial charge in [0.25, 0.3) is 5.91 Å². The van der Waals surface area contributed by atoms with E-state index in [9.17, 15) is 9.59 Å². The number of nitrogens with zero attached hydrogens (tertiary/aromatic N) is 2. The number of anilines is 2. The Bertz CT molecular complexity index is 763. The molecule has 1 aromatic carbocycles. The van der Waals surface area contributed by atoms with E-state index in [1.54, 1.807) is 17.6 Å². The van der Waals surface area contributed by atoms with Gasteiger partial charge in [0.1, 0.15) is 11.6 Å². The van der Waals surface area contributed by atoms with Crippen LogP contribution in [0.4, 0.5) is 10.8 Å². The maximum atomic E-state index is 12.0. The highest BCUT2D eigenvalue weighted by atomic mass is 32.1. The number of carbonyl (C=O) groups excluding carboxylic acids is 1. The number of hydrogen-bond donors (Lipinski definition) is 3. The highest BCUT2D eigenvalue weighted by Gasteiger charge is 2.11. The maximum Gasteiger partial charge on any atom is 0.335 e. The van der Waals surface area contributed by atoms with Gasteiger partial charge >= 0.3 is 5.97 Å². The third kappa shape index (κ3) is 3.91. The topological polar surface area (TPSA) is 115 Å². The first-order valence-corrected chi connectivity index (χ1v) is 6.89. The fourth-order valence-electron chi connectivity index (χ4n) is 1.51. The average molecular weight is 314 g/mol. The Kier molecular flexibility index (Phi) is 4.85. The molecule has 0 unspecified atom stereocenters. The summed E-state index contributed by atoms with van der Waals surface area (Å²) in [5.74, 6) is -1.74. The van der Waals surface area contributed by atoms with Crippen LogP contribution in [-0.2, 0) is 4.79 Å². The molecule has 0 atom stereocenters. The zero-order chi connectivity index (χ0) is 15.9. The number of thiazole rings is 1. The van der Waals surface area contributed by atoms with Crippen LogP contribution in [0, 0.1) is 11.3 Å². The van der Waals surface area contributed by atoms with Crippen molar-refractivity contribution in [2.24, 2.45) is 0 Å². The van der Waals surface area contributed by atoms with Crippen molar-refractivity contribution in [1.29, 1.82) is 5.26 Å². The molecule has 22 heavy (non-hydrogen) atoms. The number of amides is 1. The molecule has 7 nitrogen and oxygen atoms in total. The van der Waals surface area contributed by atoms with Crippen LogP contribution in [0.1, 0.15) is 10.4 Å². The summed E-state index contributed by atoms with van der Waals surface area (Å²) in [5.41, 5.74) is 0.178. The highest BCUT2D eigenvalue weighted by molar-refractivity contribution is 7.13. The monoisotopic (exact) mass is 314 g/mol. The fourth-order valence-corrected chi connectivity index (χ4v) is 2.00. The summed E-state index contributed by atoms with van der Waals surface area (Å²) >= 11 is 1.32. The Hall–Kier alpha value is -3.18. The fraction of sp³-hybridized carbons (Fsp3) is 0. The average Bonchev–Trinajstić information content (AvgIpc) is 3.01. The van der Waals surface area contributed by atoms with Crippen LogP contribution in [0.15, 0.2) is 47.6 Å². The molecule has 0 aliphatic heterocycles. The third-order valence-electron chi connectivity index (χ3n) is 2.50. The van der Waals surface area contributed by atoms with Gasteiger partial charge in [0.15, 0.2) is 5.13 Å². The predicted molar refractivity (Wildman–Crippen MR) is 81.5 cm³/mol. The van der Waals surface area contributed by atoms with Gasteiger partial charge in [-0.05, 0) is 18.2 Å². The van der Waals surface area contributed by atoms with E-state index in [-0.39, 0.29) is 11.1 Å². The molecule has 0 radical (unpaired) electrons. The smallest absolute Gasteiger partial charge is 0.335 e. The molecular formula is C14H10N4O3S. The number of aromatic carboxylic acids is 1. The molecule has 0 fully saturated rings. The van der Waals surface area contributed by atoms with E-state index in [0.29, 0.717) is 10.8 Å². The Balaban J connectivity index is 2.09. The van der Waals surface area contributed by atoms with Crippen molar-refractivity contribution in [1.82, 2.24) is 4.98 Å². The molecule has 0 spiro atoms. The quantitative estimate of drug-likeness (QED) is 0.576. The van der Waals surface area contributed by atoms with Gasteiger partial charge in [-0.25, -0.2) is 9.78 Å². The summed E-state index contributed by atoms with van der Waals surface area (Å²) in [6.07, 6.45) is 2.83. The first-order chi connectivity index (χ1) is 10.6. The van der Waals surface area contributed by atoms with E-state index in [4.69, 9.17) is 10.4 Å². The maximum absolute atomic E-state index is 12.0. The van der Waals surface area contributed by atoms with Crippen molar-refractivity contribution >= 4 is 34.0 Å². The van der Waals surface area contributed by atoms with Crippen LogP contribution in [-0.4, -0.2) is 22.0 Å². The Morgan fingerprint density at radius 2 is 2.23 bits per heavy atom. The second kappa shape index (κ2) is 7.01. The molecule has 0 aliphatic rings. The second-order valence-corrected chi connectivity index (χ2v) is 4.89. The molecule has 0 saturated carbocycles. The number of nitrogens with one attached hydrogen (secondary N) is 2. The van der Waals surface area contributed by atoms with E-state index >= 15 is 0 Å². The largest absolute Gasteiger partial charge is 0.478 e. The molecule has 3 N–H and O–H groups in total. The standard InChI is InChI=1S/C14H10N4O3S/c15-7-10(8-17-14-16-4-5-22-14)12(19)18-11-3-1-2-9(6-11)13(20)21/h1-6,8H,(H,16,17)(H,18,19)(H,20,21)/b10-8-. The van der Waals surface area contributed by atoms with E-state index in [2.05, 4.69) is 15.6 Å². The van der Waals surface area contributed by atoms with Gasteiger partial charge in [0.05, 0.1) is 5.56 Å². The molecule has 1 amide bonds. The van der Waals surface area contributed by atoms with Crippen LogP contribution >= 0.6 is 11.3 Å². The predicted octanol–water partition coefficient (Wildman–Crippen LogP) is 2.30. The zero-order valence-corrected chi connectivity index (χ0v) is 11.9. The molecule has 110 valence electrons. The van der Waals surface area contributed by atoms with Crippen molar-refractivity contribution in [2.45, 2.75) is 0 Å². The lowest BCUT2D eigenvalue weighted by molar-refractivity contribution is -0.112. The molecule has 8 heteroatoms. The van der Waals surface area contributed by atoms with Crippen molar-refractivity contribution in [2.75, 3.05) is 10.6 Å². The number of nitriles is 1. The molecule has 1 aromatic heterocycles. The molecule has 1 heterocycles. The normalized spacial score (nSPS) is 10.6. The van der Waals surface area contributed by atoms with Crippen LogP contribution in [0.3, 0.4) is 0 Å². The summed E-state index contributed by atoms with van der Waals surface area (Å²) in [7, 11) is 0. The highest BCUT2D eigenvalue weighted by Crippen LogP contribution is 2.13. The van der Waals surface area contributed by atoms with Crippen molar-refractivity contribution in [3.05, 3.63) is 53.2 Å². The van der Waals surface area contributed by atoms with Crippen molar-refractivity contribution in [3.63, 3.8) is 0 Å². The minimum absolute atomic E-state index is 0.0428. The van der Waals surface area contributed by atoms with Crippen molar-refractivity contribution < 1.29 is 14.7 Å². The van der Waals surface area contributed by atoms with Crippen molar-refractivity contribution in [3.8, 4) is 6.07 Å². The third-order valence-corrected chi connectivity index (χ3v) is 3.21. The van der Waals surface area contributed by atoms with Gasteiger partial charge in [-0.15, -0.1) is 11.3 Å². The summed E-state index contributed by atoms with van der Waals surface area (Å²) in [6.45, 7) is 0. The minimum atomic E-state index is -1.10. The first kappa shape index (κ1) is 15.2. The van der Waals surface area contributed by atoms with Gasteiger partial charge in [-0.2, -0.15) is 5.26 Å². The summed E-state index contributed by atoms with van der Waals surface area (Å²) < 4.78 is 0. The van der Waals surface area contributed by atoms with Gasteiger partial charge in [-0.3, -0.25) is 4.79 Å². The van der Waals surface area contributed by atoms with Crippen LogP contribution in [0.5, 0.6) is 0 Å². The number of carboxylic acid groups (broad SMARTS) is 1. The molecule has 0 bridgehead atoms. The van der Waals surface area contributed by atoms with E-state index < -0.39 is 11.9 Å². The first-order valence-electron chi connectivity index (χ1n) is 6.01. The lowest BCUT2D eigenvalue weighted by Crippen LogP contribution is -2.15. The molecule has 0 aliphatic carbocycles. The number of benzene rings is 1. The second-order valence-electron chi connectivity index (χ2n) is 3.99. The van der Waals surface area contributed by atoms with Gasteiger partial charge in [-0.1, -0.05) is 6.07 Å². The summed E-state index contributed by atoms with van der Waals surface area (Å²) in [6, 6.07) is 7.52. The number of rotatable bonds is 5. The van der Waals surface area contributed by atoms with E-state index in [1.807, 2.05) is 0 Å². The van der Waals surface area contributed by atoms with Gasteiger partial charge in [0, 0.05) is 23.5 Å². The molecule has 2 rings (SSSR count). The minimum Gasteiger partial charge on any atom is -0.478 e. The number of carboxylic acids is 1. The molecule has 0 saturated heterocycles. The van der Waals surface area contributed by atoms with Gasteiger partial charge in [0.2, 0.25) is 0 Å². The van der Waals surface area contributed by atoms with E-state index in [0.717, 1.165) is 0 Å². The van der Waals surface area contributed by atoms with Gasteiger partial charge < -0.3 is 15.7 Å². The number of carbonyl (C=O) groups is 2. The molecule has 2 aromatic rings.